The van der Waals surface area contributed by atoms with Crippen LogP contribution in [0.15, 0.2) is 11.1 Å². The predicted octanol–water partition coefficient (Wildman–Crippen LogP) is 6.61. The topological polar surface area (TPSA) is 0 Å². The fourth-order valence-corrected chi connectivity index (χ4v) is 4.98. The summed E-state index contributed by atoms with van der Waals surface area (Å²) in [5.74, 6) is 3.98. The minimum atomic E-state index is 0. The zero-order valence-corrected chi connectivity index (χ0v) is 11.7. The second kappa shape index (κ2) is 6.95. The van der Waals surface area contributed by atoms with Gasteiger partial charge in [-0.3, -0.25) is 0 Å². The normalized spacial score (nSPS) is 38.2. The van der Waals surface area contributed by atoms with Crippen LogP contribution in [0.1, 0.15) is 86.5 Å². The highest BCUT2D eigenvalue weighted by molar-refractivity contribution is 5.26. The van der Waals surface area contributed by atoms with E-state index in [1.165, 1.54) is 57.8 Å². The molecule has 0 spiro atoms. The number of fused-ring (bicyclic) bond motifs is 1. The van der Waals surface area contributed by atoms with Gasteiger partial charge in [0.15, 0.2) is 0 Å². The first-order chi connectivity index (χ1) is 8.27. The Bertz CT molecular complexity index is 312. The van der Waals surface area contributed by atoms with Gasteiger partial charge in [0, 0.05) is 0 Å². The quantitative estimate of drug-likeness (QED) is 0.467. The van der Waals surface area contributed by atoms with Crippen LogP contribution in [0.5, 0.6) is 0 Å². The third-order valence-electron chi connectivity index (χ3n) is 6.01. The maximum absolute atomic E-state index is 2.51. The summed E-state index contributed by atoms with van der Waals surface area (Å²) in [7, 11) is 0. The Kier molecular flexibility index (Phi) is 6.15. The number of hydrogen-bond acceptors (Lipinski definition) is 0. The molecule has 0 heterocycles. The van der Waals surface area contributed by atoms with Gasteiger partial charge in [-0.2, -0.15) is 0 Å². The first-order valence-electron chi connectivity index (χ1n) is 7.97. The molecule has 0 saturated heterocycles. The molecule has 0 amide bonds. The van der Waals surface area contributed by atoms with Crippen molar-refractivity contribution < 1.29 is 0 Å². The maximum Gasteiger partial charge on any atom is -0.0172 e. The average Bonchev–Trinajstić information content (AvgIpc) is 2.68. The summed E-state index contributed by atoms with van der Waals surface area (Å²) in [4.78, 5) is 0. The standard InChI is InChI=1S/C17H28.2CH4/c1-12-7-3-5-9-15(12)17-11-14-8-4-6-10-16(14)13(17)2;;/h12,14-16H,3-11H2,1-2H3;2*1H4. The van der Waals surface area contributed by atoms with Gasteiger partial charge in [-0.05, 0) is 56.3 Å². The molecule has 0 radical (unpaired) electrons. The van der Waals surface area contributed by atoms with Crippen molar-refractivity contribution in [1.82, 2.24) is 0 Å². The highest BCUT2D eigenvalue weighted by Crippen LogP contribution is 2.50. The SMILES string of the molecule is C.C.CC1=C(C2CCCCC2C)CC2CCCCC12. The smallest absolute Gasteiger partial charge is 0.0172 e. The van der Waals surface area contributed by atoms with Crippen molar-refractivity contribution >= 4 is 0 Å². The molecule has 0 aromatic rings. The van der Waals surface area contributed by atoms with E-state index in [1.807, 2.05) is 11.1 Å². The Morgan fingerprint density at radius 2 is 1.37 bits per heavy atom. The summed E-state index contributed by atoms with van der Waals surface area (Å²) in [6.45, 7) is 4.98. The lowest BCUT2D eigenvalue weighted by molar-refractivity contribution is 0.271. The first kappa shape index (κ1) is 16.8. The van der Waals surface area contributed by atoms with Crippen molar-refractivity contribution in [3.63, 3.8) is 0 Å². The molecule has 3 rings (SSSR count). The van der Waals surface area contributed by atoms with Crippen molar-refractivity contribution in [1.29, 1.82) is 0 Å². The van der Waals surface area contributed by atoms with Gasteiger partial charge in [0.1, 0.15) is 0 Å². The van der Waals surface area contributed by atoms with Gasteiger partial charge < -0.3 is 0 Å². The lowest BCUT2D eigenvalue weighted by Crippen LogP contribution is -2.19. The monoisotopic (exact) mass is 264 g/mol. The fraction of sp³-hybridized carbons (Fsp3) is 0.895. The highest BCUT2D eigenvalue weighted by Gasteiger charge is 2.38. The first-order valence-corrected chi connectivity index (χ1v) is 7.97. The summed E-state index contributed by atoms with van der Waals surface area (Å²) < 4.78 is 0. The Morgan fingerprint density at radius 1 is 0.789 bits per heavy atom. The van der Waals surface area contributed by atoms with Crippen molar-refractivity contribution in [2.24, 2.45) is 23.7 Å². The van der Waals surface area contributed by atoms with E-state index < -0.39 is 0 Å². The van der Waals surface area contributed by atoms with E-state index in [9.17, 15) is 0 Å². The molecular weight excluding hydrogens is 228 g/mol. The number of hydrogen-bond donors (Lipinski definition) is 0. The second-order valence-electron chi connectivity index (χ2n) is 6.93. The predicted molar refractivity (Wildman–Crippen MR) is 87.3 cm³/mol. The molecule has 0 nitrogen and oxygen atoms in total. The molecule has 2 fully saturated rings. The summed E-state index contributed by atoms with van der Waals surface area (Å²) in [5.41, 5.74) is 3.77. The molecule has 4 atom stereocenters. The Balaban J connectivity index is 0.000000902. The van der Waals surface area contributed by atoms with E-state index >= 15 is 0 Å². The van der Waals surface area contributed by atoms with Crippen LogP contribution in [0.25, 0.3) is 0 Å². The third kappa shape index (κ3) is 3.09. The van der Waals surface area contributed by atoms with Crippen LogP contribution in [-0.4, -0.2) is 0 Å². The molecule has 19 heavy (non-hydrogen) atoms. The molecule has 0 aromatic heterocycles. The molecule has 3 aliphatic rings. The van der Waals surface area contributed by atoms with Crippen LogP contribution in [0, 0.1) is 23.7 Å². The van der Waals surface area contributed by atoms with Gasteiger partial charge in [0.25, 0.3) is 0 Å². The Labute approximate surface area is 122 Å². The summed E-state index contributed by atoms with van der Waals surface area (Å²) >= 11 is 0. The van der Waals surface area contributed by atoms with Crippen molar-refractivity contribution in [2.75, 3.05) is 0 Å². The van der Waals surface area contributed by atoms with Gasteiger partial charge in [-0.25, -0.2) is 0 Å². The van der Waals surface area contributed by atoms with Crippen LogP contribution >= 0.6 is 0 Å². The maximum atomic E-state index is 2.51. The van der Waals surface area contributed by atoms with E-state index in [-0.39, 0.29) is 14.9 Å². The lowest BCUT2D eigenvalue weighted by atomic mass is 9.75. The van der Waals surface area contributed by atoms with E-state index in [1.54, 1.807) is 0 Å². The van der Waals surface area contributed by atoms with E-state index in [0.717, 1.165) is 23.7 Å². The molecule has 0 aromatic carbocycles. The van der Waals surface area contributed by atoms with Crippen LogP contribution in [0.4, 0.5) is 0 Å². The summed E-state index contributed by atoms with van der Waals surface area (Å²) in [5, 5.41) is 0. The summed E-state index contributed by atoms with van der Waals surface area (Å²) in [6.07, 6.45) is 13.4. The van der Waals surface area contributed by atoms with Crippen molar-refractivity contribution in [2.45, 2.75) is 86.5 Å². The largest absolute Gasteiger partial charge is 0.0776 e. The molecule has 0 bridgehead atoms. The average molecular weight is 264 g/mol. The minimum absolute atomic E-state index is 0. The van der Waals surface area contributed by atoms with Crippen LogP contribution in [0.3, 0.4) is 0 Å². The lowest BCUT2D eigenvalue weighted by Gasteiger charge is -2.31. The van der Waals surface area contributed by atoms with E-state index in [4.69, 9.17) is 0 Å². The Hall–Kier alpha value is -0.260. The Morgan fingerprint density at radius 3 is 2.00 bits per heavy atom. The van der Waals surface area contributed by atoms with Crippen LogP contribution in [-0.2, 0) is 0 Å². The van der Waals surface area contributed by atoms with Crippen LogP contribution in [0.2, 0.25) is 0 Å². The van der Waals surface area contributed by atoms with Crippen molar-refractivity contribution in [3.05, 3.63) is 11.1 Å². The van der Waals surface area contributed by atoms with Gasteiger partial charge in [0.05, 0.1) is 0 Å². The van der Waals surface area contributed by atoms with Gasteiger partial charge >= 0.3 is 0 Å². The third-order valence-corrected chi connectivity index (χ3v) is 6.01. The second-order valence-corrected chi connectivity index (χ2v) is 6.93. The zero-order valence-electron chi connectivity index (χ0n) is 11.7. The number of rotatable bonds is 1. The van der Waals surface area contributed by atoms with Crippen LogP contribution < -0.4 is 0 Å². The zero-order chi connectivity index (χ0) is 11.8. The van der Waals surface area contributed by atoms with E-state index in [0.29, 0.717) is 0 Å². The van der Waals surface area contributed by atoms with Gasteiger partial charge in [-0.1, -0.05) is 65.0 Å². The molecule has 112 valence electrons. The number of allylic oxidation sites excluding steroid dienone is 2. The fourth-order valence-electron chi connectivity index (χ4n) is 4.98. The molecule has 0 N–H and O–H groups in total. The van der Waals surface area contributed by atoms with Crippen molar-refractivity contribution in [3.8, 4) is 0 Å². The van der Waals surface area contributed by atoms with Gasteiger partial charge in [-0.15, -0.1) is 0 Å². The highest BCUT2D eigenvalue weighted by atomic mass is 14.4. The molecular formula is C19H36. The summed E-state index contributed by atoms with van der Waals surface area (Å²) in [6, 6.07) is 0. The molecule has 0 heteroatoms. The molecule has 4 unspecified atom stereocenters. The molecule has 0 aliphatic heterocycles. The van der Waals surface area contributed by atoms with E-state index in [2.05, 4.69) is 13.8 Å². The minimum Gasteiger partial charge on any atom is -0.0776 e. The molecule has 3 aliphatic carbocycles. The molecule has 2 saturated carbocycles. The van der Waals surface area contributed by atoms with Gasteiger partial charge in [0.2, 0.25) is 0 Å².